The third-order valence-electron chi connectivity index (χ3n) is 10.5. The van der Waals surface area contributed by atoms with E-state index in [1.54, 1.807) is 21.7 Å². The van der Waals surface area contributed by atoms with E-state index in [0.717, 1.165) is 11.1 Å². The number of benzene rings is 2. The first-order chi connectivity index (χ1) is 25.5. The predicted molar refractivity (Wildman–Crippen MR) is 200 cm³/mol. The minimum atomic E-state index is -1.37. The van der Waals surface area contributed by atoms with Crippen LogP contribution in [0.2, 0.25) is 0 Å². The average molecular weight is 792 g/mol. The zero-order valence-electron chi connectivity index (χ0n) is 30.1. The molecule has 3 aliphatic heterocycles. The van der Waals surface area contributed by atoms with E-state index in [9.17, 15) is 19.5 Å². The van der Waals surface area contributed by atoms with E-state index in [0.29, 0.717) is 24.8 Å². The van der Waals surface area contributed by atoms with Crippen molar-refractivity contribution in [3.05, 3.63) is 85.5 Å². The van der Waals surface area contributed by atoms with Crippen molar-refractivity contribution < 1.29 is 33.8 Å². The van der Waals surface area contributed by atoms with E-state index >= 15 is 4.79 Å². The number of esters is 1. The average Bonchev–Trinajstić information content (AvgIpc) is 3.88. The molecule has 2 bridgehead atoms. The number of fused-ring (bicyclic) bond motifs is 2. The summed E-state index contributed by atoms with van der Waals surface area (Å²) >= 11 is 3.75. The number of alkyl halides is 1. The summed E-state index contributed by atoms with van der Waals surface area (Å²) in [7, 11) is 0. The number of carbonyl (C=O) groups excluding carboxylic acids is 4. The first-order valence-electron chi connectivity index (χ1n) is 18.1. The lowest BCUT2D eigenvalue weighted by Crippen LogP contribution is -2.59. The second-order valence-corrected chi connectivity index (χ2v) is 15.6. The lowest BCUT2D eigenvalue weighted by Gasteiger charge is -2.39. The smallest absolute Gasteiger partial charge is 0.306 e. The SMILES string of the molecule is C=CCCC(=O)OC[C@@H](NC(=O)[C@H]1[C@@H]2O[C@@]3(CC2Br)[C@@H]1C(=O)N([C@@H](CO)CC(C)C)[C@@H]3C(=O)N(CC=C)Cn1nnc2ccccc21)c1ccccc1. The van der Waals surface area contributed by atoms with Crippen LogP contribution in [0.1, 0.15) is 51.1 Å². The number of nitrogens with zero attached hydrogens (tertiary/aromatic N) is 5. The molecule has 1 unspecified atom stereocenters. The van der Waals surface area contributed by atoms with E-state index in [1.165, 1.54) is 4.90 Å². The Labute approximate surface area is 317 Å². The monoisotopic (exact) mass is 790 g/mol. The van der Waals surface area contributed by atoms with Gasteiger partial charge >= 0.3 is 5.97 Å². The highest BCUT2D eigenvalue weighted by Crippen LogP contribution is 2.60. The van der Waals surface area contributed by atoms with Crippen LogP contribution in [0.15, 0.2) is 79.9 Å². The fourth-order valence-corrected chi connectivity index (χ4v) is 9.18. The third kappa shape index (κ3) is 7.41. The standard InChI is InChI=1S/C39H47BrN6O7/c1-5-7-17-31(48)52-22-29(25-13-9-8-10-14-25)41-36(49)32-33-37(50)46(26(21-47)19-24(3)4)35(39(33)20-27(40)34(32)53-39)38(51)44(18-6-2)23-45-30-16-12-11-15-28(30)42-43-45/h5-6,8-16,24,26-27,29,32-35,47H,1-2,7,17-23H2,3-4H3,(H,41,49)/t26-,27?,29-,32-,33+,34-,35-,39+/m1/s1. The fourth-order valence-electron chi connectivity index (χ4n) is 8.23. The number of allylic oxidation sites excluding steroid dienone is 1. The summed E-state index contributed by atoms with van der Waals surface area (Å²) in [4.78, 5) is 59.6. The van der Waals surface area contributed by atoms with E-state index in [2.05, 4.69) is 44.7 Å². The zero-order valence-corrected chi connectivity index (χ0v) is 31.6. The Kier molecular flexibility index (Phi) is 11.8. The number of hydrogen-bond donors (Lipinski definition) is 2. The van der Waals surface area contributed by atoms with Crippen molar-refractivity contribution >= 4 is 50.7 Å². The predicted octanol–water partition coefficient (Wildman–Crippen LogP) is 3.93. The molecular formula is C39H47BrN6O7. The molecule has 1 aromatic heterocycles. The number of para-hydroxylation sites is 1. The van der Waals surface area contributed by atoms with E-state index < -0.39 is 65.4 Å². The second kappa shape index (κ2) is 16.3. The van der Waals surface area contributed by atoms with Gasteiger partial charge < -0.3 is 29.7 Å². The first-order valence-corrected chi connectivity index (χ1v) is 19.0. The Morgan fingerprint density at radius 1 is 1.15 bits per heavy atom. The molecule has 2 N–H and O–H groups in total. The molecule has 1 spiro atoms. The lowest BCUT2D eigenvalue weighted by molar-refractivity contribution is -0.152. The van der Waals surface area contributed by atoms with E-state index in [1.807, 2.05) is 68.4 Å². The van der Waals surface area contributed by atoms with Crippen LogP contribution in [0.25, 0.3) is 11.0 Å². The molecule has 3 saturated heterocycles. The summed E-state index contributed by atoms with van der Waals surface area (Å²) in [6.07, 6.45) is 3.85. The van der Waals surface area contributed by atoms with Gasteiger partial charge in [-0.15, -0.1) is 18.3 Å². The number of amides is 3. The number of rotatable bonds is 17. The van der Waals surface area contributed by atoms with Gasteiger partial charge in [-0.05, 0) is 42.9 Å². The lowest BCUT2D eigenvalue weighted by atomic mass is 9.70. The molecule has 3 aromatic rings. The van der Waals surface area contributed by atoms with Crippen LogP contribution in [0.5, 0.6) is 0 Å². The van der Waals surface area contributed by atoms with Crippen molar-refractivity contribution in [2.75, 3.05) is 19.8 Å². The fraction of sp³-hybridized carbons (Fsp3) is 0.487. The second-order valence-electron chi connectivity index (χ2n) is 14.4. The summed E-state index contributed by atoms with van der Waals surface area (Å²) < 4.78 is 14.0. The number of carbonyl (C=O) groups is 4. The maximum Gasteiger partial charge on any atom is 0.306 e. The highest BCUT2D eigenvalue weighted by atomic mass is 79.9. The van der Waals surface area contributed by atoms with Crippen LogP contribution in [0.3, 0.4) is 0 Å². The normalized spacial score (nSPS) is 25.6. The molecule has 0 radical (unpaired) electrons. The summed E-state index contributed by atoms with van der Waals surface area (Å²) in [5.74, 6) is -3.60. The number of aromatic nitrogens is 3. The van der Waals surface area contributed by atoms with Crippen molar-refractivity contribution in [2.24, 2.45) is 17.8 Å². The topological polar surface area (TPSA) is 156 Å². The molecule has 3 fully saturated rings. The minimum Gasteiger partial charge on any atom is -0.463 e. The Hall–Kier alpha value is -4.40. The summed E-state index contributed by atoms with van der Waals surface area (Å²) in [6, 6.07) is 14.0. The number of aliphatic hydroxyl groups is 1. The highest BCUT2D eigenvalue weighted by Gasteiger charge is 2.77. The Bertz CT molecular complexity index is 1840. The van der Waals surface area contributed by atoms with E-state index in [4.69, 9.17) is 9.47 Å². The van der Waals surface area contributed by atoms with Gasteiger partial charge in [0.05, 0.1) is 42.1 Å². The van der Waals surface area contributed by atoms with Crippen LogP contribution in [-0.2, 0) is 35.3 Å². The van der Waals surface area contributed by atoms with Crippen LogP contribution in [0.4, 0.5) is 0 Å². The molecule has 13 nitrogen and oxygen atoms in total. The van der Waals surface area contributed by atoms with Crippen molar-refractivity contribution in [3.63, 3.8) is 0 Å². The van der Waals surface area contributed by atoms with Crippen LogP contribution in [0, 0.1) is 17.8 Å². The number of halogens is 1. The highest BCUT2D eigenvalue weighted by molar-refractivity contribution is 9.09. The van der Waals surface area contributed by atoms with Crippen molar-refractivity contribution in [1.29, 1.82) is 0 Å². The van der Waals surface area contributed by atoms with Gasteiger partial charge in [-0.25, -0.2) is 4.68 Å². The molecule has 0 saturated carbocycles. The minimum absolute atomic E-state index is 0.0218. The molecule has 3 amide bonds. The Morgan fingerprint density at radius 3 is 2.58 bits per heavy atom. The summed E-state index contributed by atoms with van der Waals surface area (Å²) in [6.45, 7) is 11.2. The van der Waals surface area contributed by atoms with Crippen LogP contribution < -0.4 is 5.32 Å². The number of nitrogens with one attached hydrogen (secondary N) is 1. The van der Waals surface area contributed by atoms with Gasteiger partial charge in [0.2, 0.25) is 17.7 Å². The molecule has 4 heterocycles. The molecule has 8 atom stereocenters. The maximum absolute atomic E-state index is 15.0. The number of likely N-dealkylation sites (tertiary alicyclic amines) is 1. The largest absolute Gasteiger partial charge is 0.463 e. The molecule has 0 aliphatic carbocycles. The summed E-state index contributed by atoms with van der Waals surface area (Å²) in [5.41, 5.74) is 0.744. The van der Waals surface area contributed by atoms with Crippen molar-refractivity contribution in [3.8, 4) is 0 Å². The Balaban J connectivity index is 1.35. The molecule has 53 heavy (non-hydrogen) atoms. The zero-order chi connectivity index (χ0) is 37.9. The van der Waals surface area contributed by atoms with Gasteiger partial charge in [0, 0.05) is 17.8 Å². The van der Waals surface area contributed by atoms with Gasteiger partial charge in [-0.2, -0.15) is 0 Å². The maximum atomic E-state index is 15.0. The van der Waals surface area contributed by atoms with Crippen LogP contribution in [-0.4, -0.2) is 102 Å². The van der Waals surface area contributed by atoms with Crippen LogP contribution >= 0.6 is 15.9 Å². The Morgan fingerprint density at radius 2 is 1.89 bits per heavy atom. The van der Waals surface area contributed by atoms with E-state index in [-0.39, 0.29) is 43.6 Å². The van der Waals surface area contributed by atoms with Crippen molar-refractivity contribution in [2.45, 2.75) is 80.9 Å². The molecular weight excluding hydrogens is 744 g/mol. The van der Waals surface area contributed by atoms with Gasteiger partial charge in [0.1, 0.15) is 30.4 Å². The number of hydrogen-bond acceptors (Lipinski definition) is 9. The molecule has 2 aromatic carbocycles. The van der Waals surface area contributed by atoms with Gasteiger partial charge in [-0.1, -0.05) is 89.6 Å². The third-order valence-corrected chi connectivity index (χ3v) is 11.3. The van der Waals surface area contributed by atoms with Gasteiger partial charge in [0.25, 0.3) is 0 Å². The molecule has 6 rings (SSSR count). The number of aliphatic hydroxyl groups excluding tert-OH is 1. The summed E-state index contributed by atoms with van der Waals surface area (Å²) in [5, 5.41) is 22.3. The molecule has 282 valence electrons. The quantitative estimate of drug-likeness (QED) is 0.118. The molecule has 3 aliphatic rings. The van der Waals surface area contributed by atoms with Gasteiger partial charge in [-0.3, -0.25) is 19.2 Å². The van der Waals surface area contributed by atoms with Crippen molar-refractivity contribution in [1.82, 2.24) is 30.1 Å². The number of ether oxygens (including phenoxy) is 2. The van der Waals surface area contributed by atoms with Gasteiger partial charge in [0.15, 0.2) is 0 Å². The molecule has 14 heteroatoms. The first kappa shape index (κ1) is 38.3.